The van der Waals surface area contributed by atoms with Crippen molar-refractivity contribution in [3.05, 3.63) is 0 Å². The summed E-state index contributed by atoms with van der Waals surface area (Å²) in [6.07, 6.45) is 4.85. The van der Waals surface area contributed by atoms with E-state index in [0.717, 1.165) is 6.42 Å². The van der Waals surface area contributed by atoms with Crippen LogP contribution in [0.2, 0.25) is 0 Å². The third-order valence-corrected chi connectivity index (χ3v) is 4.22. The maximum atomic E-state index is 12.3. The van der Waals surface area contributed by atoms with Crippen LogP contribution in [0.1, 0.15) is 53.4 Å². The maximum Gasteiger partial charge on any atom is 0.229 e. The van der Waals surface area contributed by atoms with Gasteiger partial charge in [0.15, 0.2) is 0 Å². The van der Waals surface area contributed by atoms with Crippen LogP contribution in [-0.4, -0.2) is 31.7 Å². The number of carbonyl (C=O) groups is 1. The van der Waals surface area contributed by atoms with Crippen molar-refractivity contribution in [1.29, 1.82) is 0 Å². The number of rotatable bonds is 7. The standard InChI is InChI=1S/C15H30N2O2/c1-5-6-7-8-14(2,3)10-17-13(18)15(4)11-19-9-12(15)16/h12H,5-11,16H2,1-4H3,(H,17,18). The van der Waals surface area contributed by atoms with Crippen molar-refractivity contribution in [3.8, 4) is 0 Å². The molecule has 112 valence electrons. The molecule has 19 heavy (non-hydrogen) atoms. The summed E-state index contributed by atoms with van der Waals surface area (Å²) in [5.41, 5.74) is 5.54. The Balaban J connectivity index is 2.40. The van der Waals surface area contributed by atoms with Gasteiger partial charge in [-0.25, -0.2) is 0 Å². The second-order valence-electron chi connectivity index (χ2n) is 6.84. The van der Waals surface area contributed by atoms with Gasteiger partial charge in [0.1, 0.15) is 0 Å². The SMILES string of the molecule is CCCCCC(C)(C)CNC(=O)C1(C)COCC1N. The molecule has 2 unspecified atom stereocenters. The first-order valence-corrected chi connectivity index (χ1v) is 7.43. The average molecular weight is 270 g/mol. The van der Waals surface area contributed by atoms with Crippen LogP contribution in [0.15, 0.2) is 0 Å². The van der Waals surface area contributed by atoms with Crippen molar-refractivity contribution in [1.82, 2.24) is 5.32 Å². The number of hydrogen-bond donors (Lipinski definition) is 2. The number of hydrogen-bond acceptors (Lipinski definition) is 3. The van der Waals surface area contributed by atoms with Crippen molar-refractivity contribution >= 4 is 5.91 Å². The molecule has 0 radical (unpaired) electrons. The number of nitrogens with one attached hydrogen (secondary N) is 1. The molecular weight excluding hydrogens is 240 g/mol. The molecule has 0 spiro atoms. The molecule has 3 N–H and O–H groups in total. The number of unbranched alkanes of at least 4 members (excludes halogenated alkanes) is 2. The minimum atomic E-state index is -0.570. The lowest BCUT2D eigenvalue weighted by atomic mass is 9.83. The molecular formula is C15H30N2O2. The van der Waals surface area contributed by atoms with Crippen LogP contribution in [0, 0.1) is 10.8 Å². The van der Waals surface area contributed by atoms with Crippen LogP contribution in [0.5, 0.6) is 0 Å². The Morgan fingerprint density at radius 2 is 2.16 bits per heavy atom. The van der Waals surface area contributed by atoms with Crippen LogP contribution in [0.3, 0.4) is 0 Å². The van der Waals surface area contributed by atoms with Gasteiger partial charge in [0.05, 0.1) is 18.6 Å². The molecule has 1 rings (SSSR count). The second-order valence-corrected chi connectivity index (χ2v) is 6.84. The van der Waals surface area contributed by atoms with E-state index in [0.29, 0.717) is 19.8 Å². The molecule has 2 atom stereocenters. The number of ether oxygens (including phenoxy) is 1. The molecule has 0 aliphatic carbocycles. The molecule has 0 saturated carbocycles. The van der Waals surface area contributed by atoms with E-state index in [9.17, 15) is 4.79 Å². The molecule has 1 heterocycles. The Hall–Kier alpha value is -0.610. The smallest absolute Gasteiger partial charge is 0.229 e. The monoisotopic (exact) mass is 270 g/mol. The van der Waals surface area contributed by atoms with Gasteiger partial charge in [0.2, 0.25) is 5.91 Å². The maximum absolute atomic E-state index is 12.3. The Labute approximate surface area is 117 Å². The van der Waals surface area contributed by atoms with Crippen molar-refractivity contribution in [2.75, 3.05) is 19.8 Å². The van der Waals surface area contributed by atoms with Crippen LogP contribution in [0.4, 0.5) is 0 Å². The summed E-state index contributed by atoms with van der Waals surface area (Å²) in [6, 6.07) is -0.198. The van der Waals surface area contributed by atoms with Crippen LogP contribution >= 0.6 is 0 Å². The molecule has 1 aliphatic heterocycles. The van der Waals surface area contributed by atoms with Gasteiger partial charge in [-0.05, 0) is 18.8 Å². The fourth-order valence-corrected chi connectivity index (χ4v) is 2.39. The van der Waals surface area contributed by atoms with Gasteiger partial charge in [-0.3, -0.25) is 4.79 Å². The molecule has 1 aliphatic rings. The predicted molar refractivity (Wildman–Crippen MR) is 77.8 cm³/mol. The molecule has 0 bridgehead atoms. The van der Waals surface area contributed by atoms with E-state index in [1.807, 2.05) is 6.92 Å². The molecule has 1 fully saturated rings. The second kappa shape index (κ2) is 6.71. The van der Waals surface area contributed by atoms with Crippen molar-refractivity contribution < 1.29 is 9.53 Å². The molecule has 4 nitrogen and oxygen atoms in total. The largest absolute Gasteiger partial charge is 0.379 e. The van der Waals surface area contributed by atoms with Crippen LogP contribution < -0.4 is 11.1 Å². The Kier molecular flexibility index (Phi) is 5.81. The van der Waals surface area contributed by atoms with Gasteiger partial charge in [-0.1, -0.05) is 40.0 Å². The number of nitrogens with two attached hydrogens (primary N) is 1. The molecule has 4 heteroatoms. The van der Waals surface area contributed by atoms with Gasteiger partial charge < -0.3 is 15.8 Å². The van der Waals surface area contributed by atoms with Crippen LogP contribution in [-0.2, 0) is 9.53 Å². The highest BCUT2D eigenvalue weighted by molar-refractivity contribution is 5.83. The lowest BCUT2D eigenvalue weighted by Crippen LogP contribution is -2.51. The normalized spacial score (nSPS) is 27.5. The predicted octanol–water partition coefficient (Wildman–Crippen LogP) is 2.07. The van der Waals surface area contributed by atoms with Gasteiger partial charge in [-0.15, -0.1) is 0 Å². The molecule has 1 amide bonds. The summed E-state index contributed by atoms with van der Waals surface area (Å²) in [6.45, 7) is 10.1. The lowest BCUT2D eigenvalue weighted by Gasteiger charge is -2.30. The summed E-state index contributed by atoms with van der Waals surface area (Å²) >= 11 is 0. The van der Waals surface area contributed by atoms with Crippen LogP contribution in [0.25, 0.3) is 0 Å². The summed E-state index contributed by atoms with van der Waals surface area (Å²) < 4.78 is 5.32. The highest BCUT2D eigenvalue weighted by Gasteiger charge is 2.44. The minimum Gasteiger partial charge on any atom is -0.379 e. The number of amides is 1. The minimum absolute atomic E-state index is 0.0288. The zero-order valence-corrected chi connectivity index (χ0v) is 12.9. The van der Waals surface area contributed by atoms with E-state index in [1.54, 1.807) is 0 Å². The highest BCUT2D eigenvalue weighted by atomic mass is 16.5. The van der Waals surface area contributed by atoms with Crippen molar-refractivity contribution in [3.63, 3.8) is 0 Å². The zero-order valence-electron chi connectivity index (χ0n) is 12.9. The molecule has 0 aromatic rings. The van der Waals surface area contributed by atoms with E-state index in [1.165, 1.54) is 19.3 Å². The van der Waals surface area contributed by atoms with E-state index < -0.39 is 5.41 Å². The summed E-state index contributed by atoms with van der Waals surface area (Å²) in [7, 11) is 0. The van der Waals surface area contributed by atoms with Gasteiger partial charge in [0.25, 0.3) is 0 Å². The topological polar surface area (TPSA) is 64.3 Å². The highest BCUT2D eigenvalue weighted by Crippen LogP contribution is 2.28. The van der Waals surface area contributed by atoms with Gasteiger partial charge in [-0.2, -0.15) is 0 Å². The zero-order chi connectivity index (χ0) is 14.5. The summed E-state index contributed by atoms with van der Waals surface area (Å²) in [5, 5.41) is 3.06. The van der Waals surface area contributed by atoms with Gasteiger partial charge >= 0.3 is 0 Å². The molecule has 1 saturated heterocycles. The van der Waals surface area contributed by atoms with Crippen molar-refractivity contribution in [2.24, 2.45) is 16.6 Å². The lowest BCUT2D eigenvalue weighted by molar-refractivity contribution is -0.131. The van der Waals surface area contributed by atoms with Crippen molar-refractivity contribution in [2.45, 2.75) is 59.4 Å². The number of carbonyl (C=O) groups excluding carboxylic acids is 1. The van der Waals surface area contributed by atoms with E-state index in [2.05, 4.69) is 26.1 Å². The third kappa shape index (κ3) is 4.46. The first-order valence-electron chi connectivity index (χ1n) is 7.43. The molecule has 0 aromatic heterocycles. The van der Waals surface area contributed by atoms with E-state index >= 15 is 0 Å². The summed E-state index contributed by atoms with van der Waals surface area (Å²) in [4.78, 5) is 12.3. The Bertz CT molecular complexity index is 305. The molecule has 0 aromatic carbocycles. The first kappa shape index (κ1) is 16.4. The average Bonchev–Trinajstić information content (AvgIpc) is 2.68. The Morgan fingerprint density at radius 1 is 1.47 bits per heavy atom. The van der Waals surface area contributed by atoms with E-state index in [-0.39, 0.29) is 17.4 Å². The summed E-state index contributed by atoms with van der Waals surface area (Å²) in [5.74, 6) is 0.0288. The quantitative estimate of drug-likeness (QED) is 0.696. The fourth-order valence-electron chi connectivity index (χ4n) is 2.39. The van der Waals surface area contributed by atoms with E-state index in [4.69, 9.17) is 10.5 Å². The third-order valence-electron chi connectivity index (χ3n) is 4.22. The Morgan fingerprint density at radius 3 is 2.68 bits per heavy atom. The first-order chi connectivity index (χ1) is 8.82. The van der Waals surface area contributed by atoms with Gasteiger partial charge in [0, 0.05) is 12.6 Å². The fraction of sp³-hybridized carbons (Fsp3) is 0.933.